The topological polar surface area (TPSA) is 62.2 Å². The minimum absolute atomic E-state index is 0.362. The summed E-state index contributed by atoms with van der Waals surface area (Å²) in [5.41, 5.74) is 0.934. The molecule has 4 rings (SSSR count). The largest absolute Gasteiger partial charge is 0.497 e. The molecule has 2 aromatic carbocycles. The smallest absolute Gasteiger partial charge is 0.126 e. The molecule has 28 heavy (non-hydrogen) atoms. The Morgan fingerprint density at radius 2 is 2.04 bits per heavy atom. The molecular weight excluding hydrogens is 361 g/mol. The van der Waals surface area contributed by atoms with Crippen molar-refractivity contribution in [2.75, 3.05) is 26.7 Å². The highest BCUT2D eigenvalue weighted by Gasteiger charge is 2.43. The van der Waals surface area contributed by atoms with Crippen LogP contribution < -0.4 is 9.47 Å². The molecule has 2 aromatic rings. The quantitative estimate of drug-likeness (QED) is 0.844. The Morgan fingerprint density at radius 3 is 2.79 bits per heavy atom. The summed E-state index contributed by atoms with van der Waals surface area (Å²) in [4.78, 5) is 2.21. The van der Waals surface area contributed by atoms with Crippen LogP contribution in [-0.4, -0.2) is 47.5 Å². The highest BCUT2D eigenvalue weighted by Crippen LogP contribution is 2.44. The van der Waals surface area contributed by atoms with Crippen LogP contribution in [0.25, 0.3) is 0 Å². The third kappa shape index (κ3) is 3.85. The van der Waals surface area contributed by atoms with E-state index >= 15 is 0 Å². The monoisotopic (exact) mass is 387 g/mol. The third-order valence-electron chi connectivity index (χ3n) is 5.90. The van der Waals surface area contributed by atoms with Crippen molar-refractivity contribution in [3.05, 3.63) is 59.4 Å². The third-order valence-corrected chi connectivity index (χ3v) is 5.90. The zero-order valence-electron chi connectivity index (χ0n) is 16.0. The maximum Gasteiger partial charge on any atom is 0.126 e. The molecule has 2 N–H and O–H groups in total. The second-order valence-electron chi connectivity index (χ2n) is 7.78. The number of ether oxygens (including phenoxy) is 2. The van der Waals surface area contributed by atoms with Crippen LogP contribution in [0, 0.1) is 5.82 Å². The molecule has 2 heterocycles. The number of fused-ring (bicyclic) bond motifs is 1. The number of aliphatic hydroxyl groups excluding tert-OH is 2. The first-order valence-corrected chi connectivity index (χ1v) is 9.69. The van der Waals surface area contributed by atoms with Crippen molar-refractivity contribution >= 4 is 0 Å². The number of aliphatic hydroxyl groups is 2. The maximum atomic E-state index is 13.5. The Labute approximate surface area is 164 Å². The summed E-state index contributed by atoms with van der Waals surface area (Å²) in [5, 5.41) is 21.1. The molecule has 1 spiro atoms. The molecule has 0 saturated carbocycles. The first kappa shape index (κ1) is 19.2. The first-order chi connectivity index (χ1) is 13.5. The molecule has 150 valence electrons. The predicted molar refractivity (Wildman–Crippen MR) is 103 cm³/mol. The van der Waals surface area contributed by atoms with Crippen molar-refractivity contribution in [2.45, 2.75) is 37.1 Å². The zero-order chi connectivity index (χ0) is 19.7. The van der Waals surface area contributed by atoms with Gasteiger partial charge in [-0.3, -0.25) is 0 Å². The second-order valence-corrected chi connectivity index (χ2v) is 7.78. The average molecular weight is 387 g/mol. The Balaban J connectivity index is 1.38. The minimum Gasteiger partial charge on any atom is -0.497 e. The van der Waals surface area contributed by atoms with Gasteiger partial charge in [0.05, 0.1) is 19.3 Å². The van der Waals surface area contributed by atoms with Gasteiger partial charge in [-0.2, -0.15) is 0 Å². The second kappa shape index (κ2) is 7.70. The summed E-state index contributed by atoms with van der Waals surface area (Å²) in [6.45, 7) is 2.07. The van der Waals surface area contributed by atoms with Crippen LogP contribution in [0.4, 0.5) is 4.39 Å². The van der Waals surface area contributed by atoms with Crippen LogP contribution in [0.5, 0.6) is 11.5 Å². The van der Waals surface area contributed by atoms with Crippen LogP contribution in [-0.2, 0) is 0 Å². The van der Waals surface area contributed by atoms with Gasteiger partial charge in [0, 0.05) is 31.6 Å². The Hall–Kier alpha value is -2.15. The van der Waals surface area contributed by atoms with Gasteiger partial charge >= 0.3 is 0 Å². The van der Waals surface area contributed by atoms with Gasteiger partial charge in [0.15, 0.2) is 0 Å². The molecule has 2 aliphatic heterocycles. The van der Waals surface area contributed by atoms with Crippen LogP contribution in [0.15, 0.2) is 42.5 Å². The van der Waals surface area contributed by atoms with E-state index in [9.17, 15) is 14.6 Å². The van der Waals surface area contributed by atoms with Gasteiger partial charge < -0.3 is 24.6 Å². The average Bonchev–Trinajstić information content (AvgIpc) is 2.70. The van der Waals surface area contributed by atoms with E-state index in [2.05, 4.69) is 4.90 Å². The Bertz CT molecular complexity index is 835. The molecule has 0 bridgehead atoms. The van der Waals surface area contributed by atoms with E-state index in [1.807, 2.05) is 24.3 Å². The Kier molecular flexibility index (Phi) is 5.27. The summed E-state index contributed by atoms with van der Waals surface area (Å²) in [5.74, 6) is 0.942. The molecule has 0 aliphatic carbocycles. The summed E-state index contributed by atoms with van der Waals surface area (Å²) in [6, 6.07) is 11.8. The summed E-state index contributed by atoms with van der Waals surface area (Å²) in [6.07, 6.45) is 0.673. The number of β-amino-alcohol motifs (C(OH)–C–C–N with tert-alkyl or cyclic N) is 1. The maximum absolute atomic E-state index is 13.5. The highest BCUT2D eigenvalue weighted by atomic mass is 19.1. The lowest BCUT2D eigenvalue weighted by Crippen LogP contribution is -2.51. The fourth-order valence-corrected chi connectivity index (χ4v) is 4.26. The van der Waals surface area contributed by atoms with Gasteiger partial charge in [-0.05, 0) is 48.7 Å². The molecule has 2 aliphatic rings. The van der Waals surface area contributed by atoms with Gasteiger partial charge in [0.1, 0.15) is 22.9 Å². The summed E-state index contributed by atoms with van der Waals surface area (Å²) in [7, 11) is 1.61. The fraction of sp³-hybridized carbons (Fsp3) is 0.455. The molecule has 0 unspecified atom stereocenters. The zero-order valence-corrected chi connectivity index (χ0v) is 16.0. The molecule has 1 fully saturated rings. The molecule has 1 saturated heterocycles. The minimum atomic E-state index is -0.714. The Morgan fingerprint density at radius 1 is 1.25 bits per heavy atom. The van der Waals surface area contributed by atoms with E-state index < -0.39 is 17.8 Å². The molecule has 2 atom stereocenters. The number of hydrogen-bond donors (Lipinski definition) is 2. The molecule has 0 amide bonds. The van der Waals surface area contributed by atoms with E-state index in [1.165, 1.54) is 12.1 Å². The van der Waals surface area contributed by atoms with Crippen molar-refractivity contribution in [3.63, 3.8) is 0 Å². The molecule has 0 radical (unpaired) electrons. The number of hydrogen-bond acceptors (Lipinski definition) is 5. The van der Waals surface area contributed by atoms with Gasteiger partial charge in [-0.15, -0.1) is 0 Å². The fourth-order valence-electron chi connectivity index (χ4n) is 4.26. The number of nitrogens with zero attached hydrogens (tertiary/aromatic N) is 1. The number of piperidine rings is 1. The van der Waals surface area contributed by atoms with Crippen LogP contribution in [0.3, 0.4) is 0 Å². The lowest BCUT2D eigenvalue weighted by Gasteiger charge is -2.46. The molecular formula is C22H26FNO4. The lowest BCUT2D eigenvalue weighted by atomic mass is 9.81. The lowest BCUT2D eigenvalue weighted by molar-refractivity contribution is -0.0589. The van der Waals surface area contributed by atoms with E-state index in [-0.39, 0.29) is 5.82 Å². The first-order valence-electron chi connectivity index (χ1n) is 9.69. The van der Waals surface area contributed by atoms with Gasteiger partial charge in [0.25, 0.3) is 0 Å². The number of likely N-dealkylation sites (tertiary alicyclic amines) is 1. The van der Waals surface area contributed by atoms with Crippen molar-refractivity contribution in [1.29, 1.82) is 0 Å². The van der Waals surface area contributed by atoms with E-state index in [0.717, 1.165) is 37.2 Å². The predicted octanol–water partition coefficient (Wildman–Crippen LogP) is 3.22. The van der Waals surface area contributed by atoms with Gasteiger partial charge in [-0.1, -0.05) is 12.1 Å². The van der Waals surface area contributed by atoms with Crippen molar-refractivity contribution < 1.29 is 24.1 Å². The molecule has 0 aromatic heterocycles. The summed E-state index contributed by atoms with van der Waals surface area (Å²) >= 11 is 0. The van der Waals surface area contributed by atoms with Crippen molar-refractivity contribution in [2.24, 2.45) is 0 Å². The van der Waals surface area contributed by atoms with Crippen LogP contribution in [0.2, 0.25) is 0 Å². The number of halogens is 1. The van der Waals surface area contributed by atoms with E-state index in [1.54, 1.807) is 13.2 Å². The van der Waals surface area contributed by atoms with Crippen LogP contribution >= 0.6 is 0 Å². The van der Waals surface area contributed by atoms with Gasteiger partial charge in [0.2, 0.25) is 0 Å². The highest BCUT2D eigenvalue weighted by molar-refractivity contribution is 5.38. The molecule has 6 heteroatoms. The number of benzene rings is 2. The van der Waals surface area contributed by atoms with Crippen molar-refractivity contribution in [3.8, 4) is 11.5 Å². The number of methoxy groups -OCH3 is 1. The standard InChI is InChI=1S/C22H26FNO4/c1-27-17-4-2-3-15(11-17)20(26)14-24-9-7-22(8-10-24)13-19(25)18-12-16(23)5-6-21(18)28-22/h2-6,11-12,19-20,25-26H,7-10,13-14H2,1H3/t19-,20-/m0/s1. The normalized spacial score (nSPS) is 22.4. The summed E-state index contributed by atoms with van der Waals surface area (Å²) < 4.78 is 24.9. The van der Waals surface area contributed by atoms with E-state index in [4.69, 9.17) is 9.47 Å². The molecule has 5 nitrogen and oxygen atoms in total. The van der Waals surface area contributed by atoms with Gasteiger partial charge in [-0.25, -0.2) is 4.39 Å². The number of rotatable bonds is 4. The van der Waals surface area contributed by atoms with Crippen LogP contribution in [0.1, 0.15) is 42.6 Å². The SMILES string of the molecule is COc1cccc([C@@H](O)CN2CCC3(CC2)C[C@H](O)c2cc(F)ccc2O3)c1. The van der Waals surface area contributed by atoms with Crippen molar-refractivity contribution in [1.82, 2.24) is 4.90 Å². The van der Waals surface area contributed by atoms with E-state index in [0.29, 0.717) is 24.3 Å².